The monoisotopic (exact) mass is 250 g/mol. The Kier molecular flexibility index (Phi) is 3.82. The molecule has 1 heterocycles. The van der Waals surface area contributed by atoms with E-state index in [0.29, 0.717) is 5.78 Å². The van der Waals surface area contributed by atoms with E-state index in [1.807, 2.05) is 20.8 Å². The molecule has 0 aromatic carbocycles. The smallest absolute Gasteiger partial charge is 0.188 e. The molecule has 92 valence electrons. The molecule has 1 aromatic heterocycles. The van der Waals surface area contributed by atoms with Gasteiger partial charge in [-0.2, -0.15) is 0 Å². The van der Waals surface area contributed by atoms with E-state index in [-0.39, 0.29) is 5.25 Å². The summed E-state index contributed by atoms with van der Waals surface area (Å²) in [4.78, 5) is 20.7. The number of thioether (sulfide) groups is 1. The first-order valence-electron chi connectivity index (χ1n) is 6.09. The minimum Gasteiger partial charge on any atom is -0.298 e. The van der Waals surface area contributed by atoms with E-state index in [0.717, 1.165) is 47.8 Å². The Morgan fingerprint density at radius 2 is 1.76 bits per heavy atom. The normalized spacial score (nSPS) is 20.6. The Hall–Kier alpha value is -0.900. The number of Topliss-reactive ketones (excluding diaryl/α,β-unsaturated/α-hetero) is 1. The first-order valence-corrected chi connectivity index (χ1v) is 6.97. The van der Waals surface area contributed by atoms with E-state index >= 15 is 0 Å². The number of carbonyl (C=O) groups excluding carboxylic acids is 1. The molecule has 0 amide bonds. The summed E-state index contributed by atoms with van der Waals surface area (Å²) in [6.07, 6.45) is 3.89. The van der Waals surface area contributed by atoms with Gasteiger partial charge in [-0.25, -0.2) is 9.97 Å². The molecule has 0 N–H and O–H groups in total. The molecule has 1 aliphatic rings. The van der Waals surface area contributed by atoms with Crippen LogP contribution in [0.15, 0.2) is 5.16 Å². The largest absolute Gasteiger partial charge is 0.298 e. The Balaban J connectivity index is 2.15. The Bertz CT molecular complexity index is 422. The molecular formula is C13H18N2OS. The van der Waals surface area contributed by atoms with Gasteiger partial charge in [0.2, 0.25) is 0 Å². The lowest BCUT2D eigenvalue weighted by molar-refractivity contribution is -0.119. The summed E-state index contributed by atoms with van der Waals surface area (Å²) in [6, 6.07) is 0. The second-order valence-corrected chi connectivity index (χ2v) is 5.79. The summed E-state index contributed by atoms with van der Waals surface area (Å²) >= 11 is 1.54. The zero-order valence-corrected chi connectivity index (χ0v) is 11.4. The van der Waals surface area contributed by atoms with E-state index in [4.69, 9.17) is 0 Å². The highest BCUT2D eigenvalue weighted by molar-refractivity contribution is 8.00. The van der Waals surface area contributed by atoms with Crippen molar-refractivity contribution in [2.75, 3.05) is 0 Å². The fourth-order valence-electron chi connectivity index (χ4n) is 2.00. The lowest BCUT2D eigenvalue weighted by Gasteiger charge is -2.19. The van der Waals surface area contributed by atoms with Gasteiger partial charge < -0.3 is 0 Å². The van der Waals surface area contributed by atoms with Crippen molar-refractivity contribution in [3.63, 3.8) is 0 Å². The molecule has 0 radical (unpaired) electrons. The third-order valence-corrected chi connectivity index (χ3v) is 4.53. The molecule has 17 heavy (non-hydrogen) atoms. The van der Waals surface area contributed by atoms with Crippen LogP contribution in [0.5, 0.6) is 0 Å². The standard InChI is InChI=1S/C13H18N2OS/c1-8-9(2)14-13(15-10(8)3)17-12-7-5-4-6-11(12)16/h12H,4-7H2,1-3H3. The molecule has 1 unspecified atom stereocenters. The minimum absolute atomic E-state index is 0.0743. The highest BCUT2D eigenvalue weighted by Gasteiger charge is 2.24. The summed E-state index contributed by atoms with van der Waals surface area (Å²) in [5.41, 5.74) is 3.18. The molecular weight excluding hydrogens is 232 g/mol. The van der Waals surface area contributed by atoms with E-state index in [1.165, 1.54) is 11.8 Å². The van der Waals surface area contributed by atoms with E-state index in [9.17, 15) is 4.79 Å². The topological polar surface area (TPSA) is 42.9 Å². The molecule has 4 heteroatoms. The van der Waals surface area contributed by atoms with Crippen LogP contribution in [-0.4, -0.2) is 21.0 Å². The predicted octanol–water partition coefficient (Wildman–Crippen LogP) is 3.01. The molecule has 0 saturated heterocycles. The molecule has 3 nitrogen and oxygen atoms in total. The number of hydrogen-bond acceptors (Lipinski definition) is 4. The van der Waals surface area contributed by atoms with Gasteiger partial charge in [-0.3, -0.25) is 4.79 Å². The maximum absolute atomic E-state index is 11.8. The number of carbonyl (C=O) groups is 1. The fourth-order valence-corrected chi connectivity index (χ4v) is 3.16. The number of aromatic nitrogens is 2. The average molecular weight is 250 g/mol. The lowest BCUT2D eigenvalue weighted by atomic mass is 9.99. The van der Waals surface area contributed by atoms with Crippen LogP contribution in [0.25, 0.3) is 0 Å². The second-order valence-electron chi connectivity index (χ2n) is 4.62. The highest BCUT2D eigenvalue weighted by Crippen LogP contribution is 2.30. The van der Waals surface area contributed by atoms with Crippen LogP contribution in [0.2, 0.25) is 0 Å². The van der Waals surface area contributed by atoms with Crippen molar-refractivity contribution < 1.29 is 4.79 Å². The van der Waals surface area contributed by atoms with Crippen LogP contribution in [0, 0.1) is 20.8 Å². The predicted molar refractivity (Wildman–Crippen MR) is 69.4 cm³/mol. The molecule has 1 aromatic rings. The van der Waals surface area contributed by atoms with Gasteiger partial charge in [0.05, 0.1) is 5.25 Å². The van der Waals surface area contributed by atoms with Crippen molar-refractivity contribution in [2.45, 2.75) is 56.9 Å². The van der Waals surface area contributed by atoms with Gasteiger partial charge in [-0.15, -0.1) is 0 Å². The van der Waals surface area contributed by atoms with Crippen molar-refractivity contribution in [1.29, 1.82) is 0 Å². The van der Waals surface area contributed by atoms with Crippen LogP contribution in [0.4, 0.5) is 0 Å². The minimum atomic E-state index is 0.0743. The van der Waals surface area contributed by atoms with Crippen molar-refractivity contribution in [3.8, 4) is 0 Å². The molecule has 1 fully saturated rings. The highest BCUT2D eigenvalue weighted by atomic mass is 32.2. The molecule has 2 rings (SSSR count). The van der Waals surface area contributed by atoms with Crippen molar-refractivity contribution in [3.05, 3.63) is 17.0 Å². The SMILES string of the molecule is Cc1nc(SC2CCCCC2=O)nc(C)c1C. The van der Waals surface area contributed by atoms with Crippen LogP contribution < -0.4 is 0 Å². The van der Waals surface area contributed by atoms with E-state index in [2.05, 4.69) is 9.97 Å². The molecule has 0 aliphatic heterocycles. The van der Waals surface area contributed by atoms with Gasteiger partial charge in [0.1, 0.15) is 5.78 Å². The van der Waals surface area contributed by atoms with Gasteiger partial charge in [-0.1, -0.05) is 18.2 Å². The Labute approximate surface area is 106 Å². The average Bonchev–Trinajstić information content (AvgIpc) is 2.29. The number of hydrogen-bond donors (Lipinski definition) is 0. The second kappa shape index (κ2) is 5.17. The third-order valence-electron chi connectivity index (χ3n) is 3.36. The summed E-state index contributed by atoms with van der Waals surface area (Å²) in [5.74, 6) is 0.362. The molecule has 0 bridgehead atoms. The van der Waals surface area contributed by atoms with E-state index in [1.54, 1.807) is 0 Å². The van der Waals surface area contributed by atoms with Gasteiger partial charge in [0.25, 0.3) is 0 Å². The third kappa shape index (κ3) is 2.86. The summed E-state index contributed by atoms with van der Waals surface area (Å²) in [7, 11) is 0. The fraction of sp³-hybridized carbons (Fsp3) is 0.615. The van der Waals surface area contributed by atoms with Crippen LogP contribution in [0.3, 0.4) is 0 Å². The molecule has 1 atom stereocenters. The zero-order valence-electron chi connectivity index (χ0n) is 10.6. The lowest BCUT2D eigenvalue weighted by Crippen LogP contribution is -2.21. The summed E-state index contributed by atoms with van der Waals surface area (Å²) in [5, 5.41) is 0.830. The number of rotatable bonds is 2. The van der Waals surface area contributed by atoms with Gasteiger partial charge in [0, 0.05) is 17.8 Å². The molecule has 1 aliphatic carbocycles. The Morgan fingerprint density at radius 3 is 2.35 bits per heavy atom. The van der Waals surface area contributed by atoms with Crippen molar-refractivity contribution in [1.82, 2.24) is 9.97 Å². The van der Waals surface area contributed by atoms with Gasteiger partial charge >= 0.3 is 0 Å². The van der Waals surface area contributed by atoms with Crippen LogP contribution in [0.1, 0.15) is 42.6 Å². The van der Waals surface area contributed by atoms with Crippen LogP contribution >= 0.6 is 11.8 Å². The van der Waals surface area contributed by atoms with Crippen molar-refractivity contribution in [2.24, 2.45) is 0 Å². The van der Waals surface area contributed by atoms with Crippen LogP contribution in [-0.2, 0) is 4.79 Å². The zero-order chi connectivity index (χ0) is 12.4. The summed E-state index contributed by atoms with van der Waals surface area (Å²) in [6.45, 7) is 6.03. The quantitative estimate of drug-likeness (QED) is 0.757. The maximum Gasteiger partial charge on any atom is 0.188 e. The first-order chi connectivity index (χ1) is 8.08. The number of aryl methyl sites for hydroxylation is 2. The maximum atomic E-state index is 11.8. The Morgan fingerprint density at radius 1 is 1.12 bits per heavy atom. The van der Waals surface area contributed by atoms with Gasteiger partial charge in [-0.05, 0) is 39.2 Å². The first kappa shape index (κ1) is 12.6. The van der Waals surface area contributed by atoms with E-state index < -0.39 is 0 Å². The molecule has 1 saturated carbocycles. The number of nitrogens with zero attached hydrogens (tertiary/aromatic N) is 2. The molecule has 0 spiro atoms. The summed E-state index contributed by atoms with van der Waals surface area (Å²) < 4.78 is 0. The van der Waals surface area contributed by atoms with Crippen molar-refractivity contribution >= 4 is 17.5 Å². The van der Waals surface area contributed by atoms with Gasteiger partial charge in [0.15, 0.2) is 5.16 Å². The number of ketones is 1.